The zero-order chi connectivity index (χ0) is 21.4. The van der Waals surface area contributed by atoms with Gasteiger partial charge in [0, 0.05) is 12.1 Å². The number of primary amides is 1. The van der Waals surface area contributed by atoms with E-state index in [0.29, 0.717) is 30.2 Å². The number of nitrogens with two attached hydrogens (primary N) is 1. The van der Waals surface area contributed by atoms with Gasteiger partial charge in [-0.1, -0.05) is 13.3 Å². The van der Waals surface area contributed by atoms with Crippen LogP contribution in [-0.4, -0.2) is 47.0 Å². The van der Waals surface area contributed by atoms with Gasteiger partial charge in [-0.3, -0.25) is 9.20 Å². The Hall–Kier alpha value is -3.56. The second-order valence-electron chi connectivity index (χ2n) is 8.08. The molecule has 3 N–H and O–H groups in total. The summed E-state index contributed by atoms with van der Waals surface area (Å²) in [4.78, 5) is 26.7. The number of carbonyl (C=O) groups is 1. The number of amides is 1. The van der Waals surface area contributed by atoms with Gasteiger partial charge >= 0.3 is 0 Å². The summed E-state index contributed by atoms with van der Waals surface area (Å²) in [7, 11) is 0. The van der Waals surface area contributed by atoms with Crippen LogP contribution >= 0.6 is 0 Å². The van der Waals surface area contributed by atoms with Gasteiger partial charge in [0.25, 0.3) is 5.91 Å². The Labute approximate surface area is 178 Å². The summed E-state index contributed by atoms with van der Waals surface area (Å²) in [6.07, 6.45) is 10.6. The lowest BCUT2D eigenvalue weighted by Gasteiger charge is -2.16. The SMILES string of the molecule is CC[C@H]1CC(CCOc2cnc(C(N)=O)cn2)C[C@H]1c1nnc2cnc3[nH]ccc3n12. The van der Waals surface area contributed by atoms with Crippen molar-refractivity contribution < 1.29 is 9.53 Å². The van der Waals surface area contributed by atoms with Crippen molar-refractivity contribution in [2.75, 3.05) is 6.61 Å². The fourth-order valence-corrected chi connectivity index (χ4v) is 4.73. The van der Waals surface area contributed by atoms with Crippen LogP contribution in [0.3, 0.4) is 0 Å². The molecule has 3 atom stereocenters. The van der Waals surface area contributed by atoms with Gasteiger partial charge in [0.15, 0.2) is 11.3 Å². The number of rotatable bonds is 7. The molecule has 4 heterocycles. The molecule has 10 heteroatoms. The molecule has 31 heavy (non-hydrogen) atoms. The predicted molar refractivity (Wildman–Crippen MR) is 113 cm³/mol. The standard InChI is InChI=1S/C21H24N8O2/c1-2-13-7-12(4-6-31-18-11-24-15(9-25-18)19(22)30)8-14(13)21-28-27-17-10-26-20-16(29(17)21)3-5-23-20/h3,5,9-14,23H,2,4,6-8H2,1H3,(H2,22,30)/t12?,13-,14+/m0/s1. The number of hydrogen-bond donors (Lipinski definition) is 2. The third kappa shape index (κ3) is 3.58. The highest BCUT2D eigenvalue weighted by atomic mass is 16.5. The van der Waals surface area contributed by atoms with Gasteiger partial charge in [-0.05, 0) is 37.2 Å². The van der Waals surface area contributed by atoms with Gasteiger partial charge in [-0.2, -0.15) is 0 Å². The predicted octanol–water partition coefficient (Wildman–Crippen LogP) is 2.48. The van der Waals surface area contributed by atoms with Gasteiger partial charge in [-0.15, -0.1) is 10.2 Å². The molecular weight excluding hydrogens is 396 g/mol. The van der Waals surface area contributed by atoms with E-state index in [1.807, 2.05) is 12.3 Å². The van der Waals surface area contributed by atoms with E-state index in [1.54, 1.807) is 6.20 Å². The third-order valence-electron chi connectivity index (χ3n) is 6.27. The minimum Gasteiger partial charge on any atom is -0.477 e. The fraction of sp³-hybridized carbons (Fsp3) is 0.429. The Morgan fingerprint density at radius 3 is 2.90 bits per heavy atom. The van der Waals surface area contributed by atoms with E-state index in [-0.39, 0.29) is 5.69 Å². The van der Waals surface area contributed by atoms with Crippen molar-refractivity contribution in [2.24, 2.45) is 17.6 Å². The Morgan fingerprint density at radius 2 is 2.13 bits per heavy atom. The summed E-state index contributed by atoms with van der Waals surface area (Å²) in [5.74, 6) is 2.25. The van der Waals surface area contributed by atoms with Crippen LogP contribution < -0.4 is 10.5 Å². The second kappa shape index (κ2) is 7.93. The van der Waals surface area contributed by atoms with Crippen molar-refractivity contribution in [1.29, 1.82) is 0 Å². The lowest BCUT2D eigenvalue weighted by molar-refractivity contribution is 0.0995. The van der Waals surface area contributed by atoms with Crippen LogP contribution in [0.15, 0.2) is 30.9 Å². The normalized spacial score (nSPS) is 21.1. The Kier molecular flexibility index (Phi) is 4.97. The summed E-state index contributed by atoms with van der Waals surface area (Å²) >= 11 is 0. The molecule has 1 saturated carbocycles. The molecule has 0 spiro atoms. The van der Waals surface area contributed by atoms with Crippen molar-refractivity contribution >= 4 is 22.7 Å². The maximum atomic E-state index is 11.1. The minimum atomic E-state index is -0.602. The van der Waals surface area contributed by atoms with E-state index >= 15 is 0 Å². The molecule has 5 rings (SSSR count). The largest absolute Gasteiger partial charge is 0.477 e. The first kappa shape index (κ1) is 19.4. The van der Waals surface area contributed by atoms with E-state index in [0.717, 1.165) is 48.3 Å². The lowest BCUT2D eigenvalue weighted by Crippen LogP contribution is -2.13. The Morgan fingerprint density at radius 1 is 1.23 bits per heavy atom. The highest BCUT2D eigenvalue weighted by molar-refractivity contribution is 5.90. The van der Waals surface area contributed by atoms with E-state index in [1.165, 1.54) is 12.4 Å². The maximum Gasteiger partial charge on any atom is 0.268 e. The van der Waals surface area contributed by atoms with Gasteiger partial charge in [-0.25, -0.2) is 15.0 Å². The number of aromatic amines is 1. The van der Waals surface area contributed by atoms with Crippen LogP contribution in [0.1, 0.15) is 54.8 Å². The number of fused-ring (bicyclic) bond motifs is 3. The van der Waals surface area contributed by atoms with Crippen LogP contribution in [0.25, 0.3) is 16.8 Å². The third-order valence-corrected chi connectivity index (χ3v) is 6.27. The van der Waals surface area contributed by atoms with Crippen LogP contribution in [-0.2, 0) is 0 Å². The first-order valence-electron chi connectivity index (χ1n) is 10.6. The van der Waals surface area contributed by atoms with Crippen molar-refractivity contribution in [3.05, 3.63) is 42.4 Å². The van der Waals surface area contributed by atoms with Gasteiger partial charge in [0.05, 0.1) is 30.7 Å². The average Bonchev–Trinajstić information content (AvgIpc) is 3.50. The molecule has 4 aromatic rings. The minimum absolute atomic E-state index is 0.129. The van der Waals surface area contributed by atoms with Gasteiger partial charge < -0.3 is 15.5 Å². The van der Waals surface area contributed by atoms with Gasteiger partial charge in [0.1, 0.15) is 11.5 Å². The first-order valence-corrected chi connectivity index (χ1v) is 10.6. The molecule has 1 amide bonds. The monoisotopic (exact) mass is 420 g/mol. The Bertz CT molecular complexity index is 1220. The number of aromatic nitrogens is 7. The fourth-order valence-electron chi connectivity index (χ4n) is 4.73. The topological polar surface area (TPSA) is 137 Å². The number of hydrogen-bond acceptors (Lipinski definition) is 7. The summed E-state index contributed by atoms with van der Waals surface area (Å²) in [5, 5.41) is 8.93. The number of H-pyrrole nitrogens is 1. The van der Waals surface area contributed by atoms with Crippen LogP contribution in [0, 0.1) is 11.8 Å². The average molecular weight is 420 g/mol. The molecular formula is C21H24N8O2. The highest BCUT2D eigenvalue weighted by Crippen LogP contribution is 2.45. The smallest absolute Gasteiger partial charge is 0.268 e. The highest BCUT2D eigenvalue weighted by Gasteiger charge is 2.37. The van der Waals surface area contributed by atoms with E-state index in [4.69, 9.17) is 10.5 Å². The molecule has 0 aliphatic heterocycles. The molecule has 4 aromatic heterocycles. The summed E-state index contributed by atoms with van der Waals surface area (Å²) in [5.41, 5.74) is 7.95. The molecule has 1 unspecified atom stereocenters. The molecule has 160 valence electrons. The molecule has 10 nitrogen and oxygen atoms in total. The number of nitrogens with one attached hydrogen (secondary N) is 1. The Balaban J connectivity index is 1.28. The number of carbonyl (C=O) groups excluding carboxylic acids is 1. The zero-order valence-electron chi connectivity index (χ0n) is 17.2. The molecule has 0 aromatic carbocycles. The molecule has 0 saturated heterocycles. The van der Waals surface area contributed by atoms with E-state index < -0.39 is 5.91 Å². The van der Waals surface area contributed by atoms with Crippen LogP contribution in [0.2, 0.25) is 0 Å². The lowest BCUT2D eigenvalue weighted by atomic mass is 9.93. The van der Waals surface area contributed by atoms with Crippen molar-refractivity contribution in [3.63, 3.8) is 0 Å². The number of ether oxygens (including phenoxy) is 1. The van der Waals surface area contributed by atoms with E-state index in [2.05, 4.69) is 41.5 Å². The second-order valence-corrected chi connectivity index (χ2v) is 8.08. The van der Waals surface area contributed by atoms with Gasteiger partial charge in [0.2, 0.25) is 5.88 Å². The quantitative estimate of drug-likeness (QED) is 0.468. The van der Waals surface area contributed by atoms with Crippen LogP contribution in [0.4, 0.5) is 0 Å². The summed E-state index contributed by atoms with van der Waals surface area (Å²) in [6, 6.07) is 2.02. The van der Waals surface area contributed by atoms with Crippen LogP contribution in [0.5, 0.6) is 5.88 Å². The van der Waals surface area contributed by atoms with Crippen molar-refractivity contribution in [2.45, 2.75) is 38.5 Å². The maximum absolute atomic E-state index is 11.1. The first-order chi connectivity index (χ1) is 15.1. The number of nitrogens with zero attached hydrogens (tertiary/aromatic N) is 6. The summed E-state index contributed by atoms with van der Waals surface area (Å²) < 4.78 is 7.88. The van der Waals surface area contributed by atoms with E-state index in [9.17, 15) is 4.79 Å². The zero-order valence-corrected chi connectivity index (χ0v) is 17.2. The molecule has 0 bridgehead atoms. The molecule has 1 aliphatic rings. The summed E-state index contributed by atoms with van der Waals surface area (Å²) in [6.45, 7) is 2.79. The molecule has 1 fully saturated rings. The van der Waals surface area contributed by atoms with Crippen molar-refractivity contribution in [3.8, 4) is 5.88 Å². The molecule has 1 aliphatic carbocycles. The molecule has 0 radical (unpaired) electrons. The van der Waals surface area contributed by atoms with Crippen molar-refractivity contribution in [1.82, 2.24) is 34.5 Å².